The SMILES string of the molecule is CCOc1cc(CNC[C@@H]2CCCO2)cc(Br)c1OCc1cccc(Cl)c1. The molecule has 1 fully saturated rings. The fraction of sp³-hybridized carbons (Fsp3) is 0.429. The molecule has 0 aromatic heterocycles. The van der Waals surface area contributed by atoms with E-state index in [0.717, 1.165) is 53.9 Å². The van der Waals surface area contributed by atoms with Gasteiger partial charge in [-0.3, -0.25) is 0 Å². The minimum Gasteiger partial charge on any atom is -0.490 e. The summed E-state index contributed by atoms with van der Waals surface area (Å²) in [5, 5.41) is 4.17. The number of halogens is 2. The second-order valence-corrected chi connectivity index (χ2v) is 7.81. The first kappa shape index (κ1) is 20.5. The van der Waals surface area contributed by atoms with Crippen molar-refractivity contribution in [1.29, 1.82) is 0 Å². The van der Waals surface area contributed by atoms with Gasteiger partial charge in [0, 0.05) is 24.7 Å². The molecule has 0 bridgehead atoms. The molecule has 2 aromatic carbocycles. The first-order valence-corrected chi connectivity index (χ1v) is 10.5. The summed E-state index contributed by atoms with van der Waals surface area (Å²) in [6.45, 7) is 5.48. The van der Waals surface area contributed by atoms with Gasteiger partial charge in [0.2, 0.25) is 0 Å². The van der Waals surface area contributed by atoms with Gasteiger partial charge in [-0.1, -0.05) is 23.7 Å². The first-order chi connectivity index (χ1) is 13.2. The van der Waals surface area contributed by atoms with Crippen LogP contribution < -0.4 is 14.8 Å². The largest absolute Gasteiger partial charge is 0.490 e. The lowest BCUT2D eigenvalue weighted by atomic mass is 10.2. The predicted octanol–water partition coefficient (Wildman–Crippen LogP) is 5.35. The van der Waals surface area contributed by atoms with Gasteiger partial charge in [-0.25, -0.2) is 0 Å². The van der Waals surface area contributed by atoms with Crippen LogP contribution in [-0.2, 0) is 17.9 Å². The Morgan fingerprint density at radius 1 is 1.22 bits per heavy atom. The van der Waals surface area contributed by atoms with Crippen LogP contribution in [0.2, 0.25) is 5.02 Å². The predicted molar refractivity (Wildman–Crippen MR) is 112 cm³/mol. The highest BCUT2D eigenvalue weighted by atomic mass is 79.9. The van der Waals surface area contributed by atoms with E-state index in [-0.39, 0.29) is 0 Å². The third-order valence-electron chi connectivity index (χ3n) is 4.37. The molecule has 1 heterocycles. The summed E-state index contributed by atoms with van der Waals surface area (Å²) < 4.78 is 18.4. The lowest BCUT2D eigenvalue weighted by molar-refractivity contribution is 0.110. The van der Waals surface area contributed by atoms with Crippen molar-refractivity contribution >= 4 is 27.5 Å². The topological polar surface area (TPSA) is 39.7 Å². The van der Waals surface area contributed by atoms with Crippen LogP contribution in [0.15, 0.2) is 40.9 Å². The lowest BCUT2D eigenvalue weighted by Gasteiger charge is -2.16. The van der Waals surface area contributed by atoms with Crippen LogP contribution in [0.25, 0.3) is 0 Å². The molecule has 1 aliphatic heterocycles. The van der Waals surface area contributed by atoms with E-state index in [0.29, 0.717) is 30.1 Å². The molecule has 0 saturated carbocycles. The maximum Gasteiger partial charge on any atom is 0.175 e. The van der Waals surface area contributed by atoms with E-state index < -0.39 is 0 Å². The quantitative estimate of drug-likeness (QED) is 0.554. The highest BCUT2D eigenvalue weighted by Gasteiger charge is 2.16. The van der Waals surface area contributed by atoms with E-state index in [2.05, 4.69) is 27.3 Å². The van der Waals surface area contributed by atoms with Crippen molar-refractivity contribution in [3.63, 3.8) is 0 Å². The third kappa shape index (κ3) is 6.11. The van der Waals surface area contributed by atoms with Crippen molar-refractivity contribution in [2.24, 2.45) is 0 Å². The molecular formula is C21H25BrClNO3. The van der Waals surface area contributed by atoms with Crippen molar-refractivity contribution in [1.82, 2.24) is 5.32 Å². The number of rotatable bonds is 9. The van der Waals surface area contributed by atoms with E-state index in [1.807, 2.05) is 37.3 Å². The van der Waals surface area contributed by atoms with Crippen molar-refractivity contribution in [3.8, 4) is 11.5 Å². The molecule has 0 unspecified atom stereocenters. The Labute approximate surface area is 174 Å². The summed E-state index contributed by atoms with van der Waals surface area (Å²) in [6, 6.07) is 11.8. The van der Waals surface area contributed by atoms with E-state index in [1.165, 1.54) is 0 Å². The highest BCUT2D eigenvalue weighted by molar-refractivity contribution is 9.10. The Hall–Kier alpha value is -1.27. The zero-order valence-electron chi connectivity index (χ0n) is 15.5. The molecule has 1 atom stereocenters. The van der Waals surface area contributed by atoms with Gasteiger partial charge >= 0.3 is 0 Å². The van der Waals surface area contributed by atoms with Crippen LogP contribution in [0.4, 0.5) is 0 Å². The number of hydrogen-bond donors (Lipinski definition) is 1. The van der Waals surface area contributed by atoms with Gasteiger partial charge in [0.25, 0.3) is 0 Å². The van der Waals surface area contributed by atoms with Crippen molar-refractivity contribution in [3.05, 3.63) is 57.0 Å². The molecular weight excluding hydrogens is 430 g/mol. The van der Waals surface area contributed by atoms with Gasteiger partial charge in [0.05, 0.1) is 17.2 Å². The lowest BCUT2D eigenvalue weighted by Crippen LogP contribution is -2.25. The van der Waals surface area contributed by atoms with E-state index >= 15 is 0 Å². The molecule has 2 aromatic rings. The summed E-state index contributed by atoms with van der Waals surface area (Å²) in [6.07, 6.45) is 2.63. The average molecular weight is 455 g/mol. The molecule has 3 rings (SSSR count). The smallest absolute Gasteiger partial charge is 0.175 e. The second-order valence-electron chi connectivity index (χ2n) is 6.52. The van der Waals surface area contributed by atoms with Crippen LogP contribution in [0, 0.1) is 0 Å². The van der Waals surface area contributed by atoms with E-state index in [1.54, 1.807) is 0 Å². The maximum atomic E-state index is 6.05. The fourth-order valence-corrected chi connectivity index (χ4v) is 3.91. The van der Waals surface area contributed by atoms with E-state index in [9.17, 15) is 0 Å². The zero-order chi connectivity index (χ0) is 19.1. The third-order valence-corrected chi connectivity index (χ3v) is 5.19. The van der Waals surface area contributed by atoms with Gasteiger partial charge in [0.1, 0.15) is 6.61 Å². The average Bonchev–Trinajstić information content (AvgIpc) is 3.15. The monoisotopic (exact) mass is 453 g/mol. The zero-order valence-corrected chi connectivity index (χ0v) is 17.8. The van der Waals surface area contributed by atoms with Gasteiger partial charge < -0.3 is 19.5 Å². The normalized spacial score (nSPS) is 16.5. The Morgan fingerprint density at radius 2 is 2.11 bits per heavy atom. The number of nitrogens with one attached hydrogen (secondary N) is 1. The molecule has 1 N–H and O–H groups in total. The Morgan fingerprint density at radius 3 is 2.85 bits per heavy atom. The summed E-state index contributed by atoms with van der Waals surface area (Å²) in [5.74, 6) is 1.45. The second kappa shape index (κ2) is 10.3. The van der Waals surface area contributed by atoms with E-state index in [4.69, 9.17) is 25.8 Å². The van der Waals surface area contributed by atoms with Crippen LogP contribution in [-0.4, -0.2) is 25.9 Å². The molecule has 4 nitrogen and oxygen atoms in total. The van der Waals surface area contributed by atoms with Crippen molar-refractivity contribution in [2.75, 3.05) is 19.8 Å². The fourth-order valence-electron chi connectivity index (χ4n) is 3.09. The Bertz CT molecular complexity index is 750. The summed E-state index contributed by atoms with van der Waals surface area (Å²) >= 11 is 9.68. The molecule has 0 spiro atoms. The number of hydrogen-bond acceptors (Lipinski definition) is 4. The molecule has 0 aliphatic carbocycles. The molecule has 1 saturated heterocycles. The van der Waals surface area contributed by atoms with Crippen LogP contribution in [0.3, 0.4) is 0 Å². The molecule has 1 aliphatic rings. The van der Waals surface area contributed by atoms with Gasteiger partial charge in [-0.2, -0.15) is 0 Å². The van der Waals surface area contributed by atoms with Crippen molar-refractivity contribution in [2.45, 2.75) is 39.0 Å². The highest BCUT2D eigenvalue weighted by Crippen LogP contribution is 2.37. The minimum atomic E-state index is 0.333. The number of ether oxygens (including phenoxy) is 3. The summed E-state index contributed by atoms with van der Waals surface area (Å²) in [4.78, 5) is 0. The minimum absolute atomic E-state index is 0.333. The number of benzene rings is 2. The van der Waals surface area contributed by atoms with Gasteiger partial charge in [-0.05, 0) is 71.1 Å². The van der Waals surface area contributed by atoms with Crippen molar-refractivity contribution < 1.29 is 14.2 Å². The molecule has 146 valence electrons. The summed E-state index contributed by atoms with van der Waals surface area (Å²) in [5.41, 5.74) is 2.15. The standard InChI is InChI=1S/C21H25BrClNO3/c1-2-25-20-11-16(12-24-13-18-7-4-8-26-18)10-19(22)21(20)27-14-15-5-3-6-17(23)9-15/h3,5-6,9-11,18,24H,2,4,7-8,12-14H2,1H3/t18-/m0/s1. The first-order valence-electron chi connectivity index (χ1n) is 9.30. The molecule has 27 heavy (non-hydrogen) atoms. The van der Waals surface area contributed by atoms with Crippen LogP contribution in [0.1, 0.15) is 30.9 Å². The Balaban J connectivity index is 1.65. The van der Waals surface area contributed by atoms with Gasteiger partial charge in [-0.15, -0.1) is 0 Å². The van der Waals surface area contributed by atoms with Crippen LogP contribution >= 0.6 is 27.5 Å². The Kier molecular flexibility index (Phi) is 7.82. The molecule has 0 radical (unpaired) electrons. The summed E-state index contributed by atoms with van der Waals surface area (Å²) in [7, 11) is 0. The van der Waals surface area contributed by atoms with Crippen LogP contribution in [0.5, 0.6) is 11.5 Å². The van der Waals surface area contributed by atoms with Gasteiger partial charge in [0.15, 0.2) is 11.5 Å². The molecule has 0 amide bonds. The molecule has 6 heteroatoms. The maximum absolute atomic E-state index is 6.05.